The first-order valence-electron chi connectivity index (χ1n) is 7.50. The minimum atomic E-state index is 0.115. The van der Waals surface area contributed by atoms with Gasteiger partial charge in [0.15, 0.2) is 11.5 Å². The summed E-state index contributed by atoms with van der Waals surface area (Å²) in [5.74, 6) is 1.68. The molecule has 1 N–H and O–H groups in total. The first-order chi connectivity index (χ1) is 9.76. The molecule has 112 valence electrons. The van der Waals surface area contributed by atoms with Gasteiger partial charge in [0.05, 0.1) is 25.4 Å². The molecule has 1 aliphatic rings. The largest absolute Gasteiger partial charge is 0.490 e. The molecule has 1 aromatic carbocycles. The van der Waals surface area contributed by atoms with Crippen LogP contribution in [0.15, 0.2) is 18.2 Å². The number of hydrogen-bond acceptors (Lipinski definition) is 4. The van der Waals surface area contributed by atoms with Gasteiger partial charge in [-0.15, -0.1) is 0 Å². The number of likely N-dealkylation sites (N-methyl/N-ethyl adjacent to an activating group) is 1. The monoisotopic (exact) mass is 279 g/mol. The lowest BCUT2D eigenvalue weighted by Gasteiger charge is -2.25. The zero-order valence-electron chi connectivity index (χ0n) is 12.6. The predicted molar refractivity (Wildman–Crippen MR) is 79.6 cm³/mol. The van der Waals surface area contributed by atoms with Crippen molar-refractivity contribution in [3.63, 3.8) is 0 Å². The molecule has 0 aromatic heterocycles. The third-order valence-electron chi connectivity index (χ3n) is 3.45. The van der Waals surface area contributed by atoms with Gasteiger partial charge in [-0.05, 0) is 38.1 Å². The molecule has 1 aliphatic heterocycles. The number of fused-ring (bicyclic) bond motifs is 1. The van der Waals surface area contributed by atoms with Crippen molar-refractivity contribution >= 4 is 0 Å². The number of benzene rings is 1. The van der Waals surface area contributed by atoms with E-state index in [2.05, 4.69) is 31.3 Å². The zero-order chi connectivity index (χ0) is 14.4. The van der Waals surface area contributed by atoms with E-state index in [1.807, 2.05) is 13.0 Å². The molecule has 0 spiro atoms. The minimum Gasteiger partial charge on any atom is -0.490 e. The van der Waals surface area contributed by atoms with Crippen LogP contribution in [0.4, 0.5) is 0 Å². The Morgan fingerprint density at radius 3 is 2.65 bits per heavy atom. The van der Waals surface area contributed by atoms with Crippen LogP contribution in [0.25, 0.3) is 0 Å². The van der Waals surface area contributed by atoms with Crippen LogP contribution < -0.4 is 14.8 Å². The predicted octanol–water partition coefficient (Wildman–Crippen LogP) is 2.92. The number of hydrogen-bond donors (Lipinski definition) is 1. The highest BCUT2D eigenvalue weighted by Crippen LogP contribution is 2.33. The quantitative estimate of drug-likeness (QED) is 0.869. The molecule has 0 saturated carbocycles. The lowest BCUT2D eigenvalue weighted by molar-refractivity contribution is 0.0476. The lowest BCUT2D eigenvalue weighted by atomic mass is 10.0. The maximum absolute atomic E-state index is 5.76. The Balaban J connectivity index is 2.22. The van der Waals surface area contributed by atoms with Gasteiger partial charge in [-0.2, -0.15) is 0 Å². The SMILES string of the molecule is CCNC(c1ccc2c(c1)OCCCO2)C(C)OCC. The Morgan fingerprint density at radius 1 is 1.20 bits per heavy atom. The summed E-state index contributed by atoms with van der Waals surface area (Å²) in [5.41, 5.74) is 1.18. The van der Waals surface area contributed by atoms with Crippen molar-refractivity contribution in [2.45, 2.75) is 39.3 Å². The van der Waals surface area contributed by atoms with E-state index < -0.39 is 0 Å². The smallest absolute Gasteiger partial charge is 0.161 e. The van der Waals surface area contributed by atoms with Crippen molar-refractivity contribution in [2.75, 3.05) is 26.4 Å². The summed E-state index contributed by atoms with van der Waals surface area (Å²) in [4.78, 5) is 0. The lowest BCUT2D eigenvalue weighted by Crippen LogP contribution is -2.32. The van der Waals surface area contributed by atoms with E-state index in [-0.39, 0.29) is 12.1 Å². The van der Waals surface area contributed by atoms with Gasteiger partial charge in [0, 0.05) is 13.0 Å². The Kier molecular flexibility index (Phi) is 5.68. The molecule has 1 aromatic rings. The van der Waals surface area contributed by atoms with Crippen LogP contribution in [-0.4, -0.2) is 32.5 Å². The van der Waals surface area contributed by atoms with Gasteiger partial charge in [0.1, 0.15) is 0 Å². The zero-order valence-corrected chi connectivity index (χ0v) is 12.6. The van der Waals surface area contributed by atoms with E-state index in [1.165, 1.54) is 5.56 Å². The molecule has 0 fully saturated rings. The van der Waals surface area contributed by atoms with E-state index in [4.69, 9.17) is 14.2 Å². The summed E-state index contributed by atoms with van der Waals surface area (Å²) in [5, 5.41) is 3.48. The van der Waals surface area contributed by atoms with Crippen LogP contribution in [0.5, 0.6) is 11.5 Å². The molecule has 4 heteroatoms. The van der Waals surface area contributed by atoms with E-state index >= 15 is 0 Å². The van der Waals surface area contributed by atoms with Gasteiger partial charge in [0.25, 0.3) is 0 Å². The topological polar surface area (TPSA) is 39.7 Å². The fourth-order valence-corrected chi connectivity index (χ4v) is 2.51. The minimum absolute atomic E-state index is 0.115. The summed E-state index contributed by atoms with van der Waals surface area (Å²) in [6, 6.07) is 6.33. The molecule has 0 aliphatic carbocycles. The second-order valence-electron chi connectivity index (χ2n) is 4.95. The fourth-order valence-electron chi connectivity index (χ4n) is 2.51. The average molecular weight is 279 g/mol. The highest BCUT2D eigenvalue weighted by atomic mass is 16.5. The molecule has 0 amide bonds. The van der Waals surface area contributed by atoms with Gasteiger partial charge in [0.2, 0.25) is 0 Å². The molecule has 2 unspecified atom stereocenters. The van der Waals surface area contributed by atoms with Gasteiger partial charge >= 0.3 is 0 Å². The summed E-state index contributed by atoms with van der Waals surface area (Å²) in [6.45, 7) is 9.27. The second kappa shape index (κ2) is 7.50. The first kappa shape index (κ1) is 15.1. The molecule has 0 bridgehead atoms. The van der Waals surface area contributed by atoms with Crippen LogP contribution in [0.2, 0.25) is 0 Å². The van der Waals surface area contributed by atoms with Crippen molar-refractivity contribution < 1.29 is 14.2 Å². The van der Waals surface area contributed by atoms with Crippen LogP contribution >= 0.6 is 0 Å². The third kappa shape index (κ3) is 3.64. The molecular weight excluding hydrogens is 254 g/mol. The second-order valence-corrected chi connectivity index (χ2v) is 4.95. The Labute approximate surface area is 121 Å². The van der Waals surface area contributed by atoms with Crippen LogP contribution in [-0.2, 0) is 4.74 Å². The number of ether oxygens (including phenoxy) is 3. The van der Waals surface area contributed by atoms with Crippen molar-refractivity contribution in [1.29, 1.82) is 0 Å². The van der Waals surface area contributed by atoms with Crippen LogP contribution in [0.1, 0.15) is 38.8 Å². The maximum atomic E-state index is 5.76. The van der Waals surface area contributed by atoms with E-state index in [0.717, 1.165) is 31.1 Å². The van der Waals surface area contributed by atoms with Gasteiger partial charge < -0.3 is 19.5 Å². The molecule has 4 nitrogen and oxygen atoms in total. The molecule has 0 saturated heterocycles. The maximum Gasteiger partial charge on any atom is 0.161 e. The van der Waals surface area contributed by atoms with Gasteiger partial charge in [-0.25, -0.2) is 0 Å². The molecular formula is C16H25NO3. The average Bonchev–Trinajstić information content (AvgIpc) is 2.69. The van der Waals surface area contributed by atoms with E-state index in [1.54, 1.807) is 0 Å². The molecule has 0 radical (unpaired) electrons. The molecule has 20 heavy (non-hydrogen) atoms. The van der Waals surface area contributed by atoms with Crippen molar-refractivity contribution in [3.8, 4) is 11.5 Å². The van der Waals surface area contributed by atoms with Crippen LogP contribution in [0.3, 0.4) is 0 Å². The van der Waals surface area contributed by atoms with E-state index in [9.17, 15) is 0 Å². The van der Waals surface area contributed by atoms with Crippen molar-refractivity contribution in [1.82, 2.24) is 5.32 Å². The molecule has 2 rings (SSSR count). The van der Waals surface area contributed by atoms with Gasteiger partial charge in [-0.1, -0.05) is 13.0 Å². The molecule has 2 atom stereocenters. The molecule has 1 heterocycles. The van der Waals surface area contributed by atoms with Crippen molar-refractivity contribution in [3.05, 3.63) is 23.8 Å². The standard InChI is InChI=1S/C16H25NO3/c1-4-17-16(12(3)18-5-2)13-7-8-14-15(11-13)20-10-6-9-19-14/h7-8,11-12,16-17H,4-6,9-10H2,1-3H3. The van der Waals surface area contributed by atoms with E-state index in [0.29, 0.717) is 13.2 Å². The first-order valence-corrected chi connectivity index (χ1v) is 7.50. The highest BCUT2D eigenvalue weighted by molar-refractivity contribution is 5.44. The third-order valence-corrected chi connectivity index (χ3v) is 3.45. The summed E-state index contributed by atoms with van der Waals surface area (Å²) in [6.07, 6.45) is 1.04. The number of nitrogens with one attached hydrogen (secondary N) is 1. The summed E-state index contributed by atoms with van der Waals surface area (Å²) < 4.78 is 17.2. The van der Waals surface area contributed by atoms with Gasteiger partial charge in [-0.3, -0.25) is 0 Å². The Bertz CT molecular complexity index is 422. The normalized spacial score (nSPS) is 17.4. The fraction of sp³-hybridized carbons (Fsp3) is 0.625. The highest BCUT2D eigenvalue weighted by Gasteiger charge is 2.21. The Morgan fingerprint density at radius 2 is 1.95 bits per heavy atom. The van der Waals surface area contributed by atoms with Crippen LogP contribution in [0, 0.1) is 0 Å². The number of rotatable bonds is 6. The van der Waals surface area contributed by atoms with Crippen molar-refractivity contribution in [2.24, 2.45) is 0 Å². The Hall–Kier alpha value is -1.26. The summed E-state index contributed by atoms with van der Waals surface area (Å²) in [7, 11) is 0. The summed E-state index contributed by atoms with van der Waals surface area (Å²) >= 11 is 0.